The van der Waals surface area contributed by atoms with Gasteiger partial charge in [-0.15, -0.1) is 49.6 Å². The molecule has 2 aliphatic heterocycles. The molecule has 0 amide bonds. The van der Waals surface area contributed by atoms with Crippen LogP contribution >= 0.6 is 49.6 Å². The predicted molar refractivity (Wildman–Crippen MR) is 194 cm³/mol. The van der Waals surface area contributed by atoms with E-state index in [1.807, 2.05) is 60.7 Å². The van der Waals surface area contributed by atoms with E-state index < -0.39 is 11.1 Å². The lowest BCUT2D eigenvalue weighted by Crippen LogP contribution is -2.56. The molecule has 4 rings (SSSR count). The monoisotopic (exact) mass is 714 g/mol. The number of rotatable bonds is 8. The molecule has 2 aliphatic rings. The molecule has 0 spiro atoms. The second-order valence-corrected chi connectivity index (χ2v) is 11.4. The van der Waals surface area contributed by atoms with E-state index in [9.17, 15) is 9.59 Å². The van der Waals surface area contributed by atoms with Gasteiger partial charge in [-0.2, -0.15) is 0 Å². The number of hydrogen-bond donors (Lipinski definition) is 2. The number of anilines is 2. The van der Waals surface area contributed by atoms with Gasteiger partial charge in [-0.3, -0.25) is 0 Å². The Kier molecular flexibility index (Phi) is 23.7. The van der Waals surface area contributed by atoms with Gasteiger partial charge in [-0.05, 0) is 77.6 Å². The van der Waals surface area contributed by atoms with E-state index in [0.717, 1.165) is 63.2 Å². The molecular weight excluding hydrogens is 662 g/mol. The van der Waals surface area contributed by atoms with Crippen molar-refractivity contribution >= 4 is 72.9 Å². The maximum Gasteiger partial charge on any atom is 0.331 e. The van der Waals surface area contributed by atoms with Gasteiger partial charge in [0, 0.05) is 49.6 Å². The molecule has 2 aromatic rings. The van der Waals surface area contributed by atoms with Crippen molar-refractivity contribution in [2.24, 2.45) is 0 Å². The molecule has 9 nitrogen and oxygen atoms in total. The van der Waals surface area contributed by atoms with Gasteiger partial charge in [-0.25, -0.2) is 9.59 Å². The Morgan fingerprint density at radius 3 is 1.09 bits per heavy atom. The average Bonchev–Trinajstić information content (AvgIpc) is 2.98. The Labute approximate surface area is 294 Å². The third-order valence-corrected chi connectivity index (χ3v) is 8.23. The Hall–Kier alpha value is -1.98. The first kappa shape index (κ1) is 47.4. The van der Waals surface area contributed by atoms with Crippen LogP contribution in [0.1, 0.15) is 53.4 Å². The van der Waals surface area contributed by atoms with Crippen molar-refractivity contribution < 1.29 is 24.5 Å². The van der Waals surface area contributed by atoms with Gasteiger partial charge in [0.2, 0.25) is 0 Å². The molecule has 0 saturated carbocycles. The summed E-state index contributed by atoms with van der Waals surface area (Å²) in [4.78, 5) is 29.3. The smallest absolute Gasteiger partial charge is 0.331 e. The summed E-state index contributed by atoms with van der Waals surface area (Å²) in [7, 11) is 2.93. The highest BCUT2D eigenvalue weighted by molar-refractivity contribution is 5.86. The number of nitrogens with zero attached hydrogens (tertiary/aromatic N) is 2. The summed E-state index contributed by atoms with van der Waals surface area (Å²) in [5.74, 6) is -0.325. The van der Waals surface area contributed by atoms with Gasteiger partial charge in [0.15, 0.2) is 0 Å². The van der Waals surface area contributed by atoms with Crippen LogP contribution in [0.5, 0.6) is 0 Å². The first-order chi connectivity index (χ1) is 19.1. The molecule has 4 N–H and O–H groups in total. The maximum absolute atomic E-state index is 12.3. The molecule has 2 heterocycles. The molecule has 0 unspecified atom stereocenters. The van der Waals surface area contributed by atoms with Crippen LogP contribution in [0.4, 0.5) is 11.4 Å². The number of nitrogens with one attached hydrogen (secondary N) is 2. The summed E-state index contributed by atoms with van der Waals surface area (Å²) in [6.45, 7) is 12.4. The molecule has 260 valence electrons. The number of benzene rings is 2. The Morgan fingerprint density at radius 1 is 0.600 bits per heavy atom. The first-order valence-corrected chi connectivity index (χ1v) is 14.5. The van der Waals surface area contributed by atoms with E-state index in [2.05, 4.69) is 48.1 Å². The van der Waals surface area contributed by atoms with Crippen LogP contribution in [-0.2, 0) is 19.1 Å². The number of carbonyl (C=O) groups is 2. The molecule has 2 aromatic carbocycles. The van der Waals surface area contributed by atoms with Crippen molar-refractivity contribution in [1.29, 1.82) is 0 Å². The fourth-order valence-electron chi connectivity index (χ4n) is 5.59. The van der Waals surface area contributed by atoms with Crippen molar-refractivity contribution in [3.63, 3.8) is 0 Å². The fraction of sp³-hybridized carbons (Fsp3) is 0.562. The Morgan fingerprint density at radius 2 is 0.867 bits per heavy atom. The lowest BCUT2D eigenvalue weighted by atomic mass is 9.86. The Balaban J connectivity index is -0.000000706. The van der Waals surface area contributed by atoms with Crippen LogP contribution in [0, 0.1) is 0 Å². The van der Waals surface area contributed by atoms with Gasteiger partial charge in [0.05, 0.1) is 14.2 Å². The van der Waals surface area contributed by atoms with Gasteiger partial charge in [0.1, 0.15) is 11.1 Å². The van der Waals surface area contributed by atoms with Crippen molar-refractivity contribution in [1.82, 2.24) is 9.80 Å². The van der Waals surface area contributed by atoms with Gasteiger partial charge >= 0.3 is 11.9 Å². The van der Waals surface area contributed by atoms with E-state index in [1.54, 1.807) is 0 Å². The normalized spacial score (nSPS) is 16.7. The number of hydrogen-bond acceptors (Lipinski definition) is 8. The van der Waals surface area contributed by atoms with Gasteiger partial charge < -0.3 is 35.4 Å². The lowest BCUT2D eigenvalue weighted by molar-refractivity contribution is -0.148. The average molecular weight is 717 g/mol. The quantitative estimate of drug-likeness (QED) is 0.326. The zero-order valence-electron chi connectivity index (χ0n) is 27.2. The van der Waals surface area contributed by atoms with Gasteiger partial charge in [0.25, 0.3) is 0 Å². The molecular formula is C32H54Cl4N4O5. The van der Waals surface area contributed by atoms with E-state index >= 15 is 0 Å². The number of likely N-dealkylation sites (tertiary alicyclic amines) is 2. The molecule has 45 heavy (non-hydrogen) atoms. The van der Waals surface area contributed by atoms with Crippen LogP contribution in [-0.4, -0.2) is 90.8 Å². The van der Waals surface area contributed by atoms with Crippen LogP contribution in [0.2, 0.25) is 0 Å². The topological polar surface area (TPSA) is 115 Å². The predicted octanol–water partition coefficient (Wildman–Crippen LogP) is 5.89. The molecule has 0 aliphatic carbocycles. The van der Waals surface area contributed by atoms with Crippen molar-refractivity contribution in [3.05, 3.63) is 60.7 Å². The molecule has 0 aromatic heterocycles. The number of piperidine rings is 2. The van der Waals surface area contributed by atoms with Crippen LogP contribution < -0.4 is 10.6 Å². The van der Waals surface area contributed by atoms with E-state index in [0.29, 0.717) is 12.1 Å². The maximum atomic E-state index is 12.3. The van der Waals surface area contributed by atoms with E-state index in [1.165, 1.54) is 14.2 Å². The molecule has 0 radical (unpaired) electrons. The highest BCUT2D eigenvalue weighted by Crippen LogP contribution is 2.30. The van der Waals surface area contributed by atoms with E-state index in [-0.39, 0.29) is 67.0 Å². The van der Waals surface area contributed by atoms with Crippen LogP contribution in [0.15, 0.2) is 60.7 Å². The van der Waals surface area contributed by atoms with E-state index in [4.69, 9.17) is 9.47 Å². The third kappa shape index (κ3) is 13.0. The standard InChI is InChI=1S/2C16H24N2O2.4ClH.H2O/c2*1-13(2)18-11-9-16(10-12-18,15(19)20-3)17-14-7-5-4-6-8-14;;;;;/h2*4-8,13,17H,9-12H2,1-3H3;4*1H;1H2. The summed E-state index contributed by atoms with van der Waals surface area (Å²) in [5, 5.41) is 6.81. The largest absolute Gasteiger partial charge is 0.467 e. The number of ether oxygens (including phenoxy) is 2. The molecule has 13 heteroatoms. The second kappa shape index (κ2) is 22.5. The summed E-state index contributed by atoms with van der Waals surface area (Å²) >= 11 is 0. The molecule has 2 fully saturated rings. The lowest BCUT2D eigenvalue weighted by Gasteiger charge is -2.42. The minimum Gasteiger partial charge on any atom is -0.467 e. The van der Waals surface area contributed by atoms with Crippen molar-refractivity contribution in [3.8, 4) is 0 Å². The molecule has 2 saturated heterocycles. The minimum atomic E-state index is -0.596. The summed E-state index contributed by atoms with van der Waals surface area (Å²) < 4.78 is 10.1. The molecule has 0 bridgehead atoms. The second-order valence-electron chi connectivity index (χ2n) is 11.4. The SMILES string of the molecule is COC(=O)C1(Nc2ccccc2)CCN(C(C)C)CC1.COC(=O)C1(Nc2ccccc2)CCN(C(C)C)CC1.Cl.Cl.Cl.Cl.O. The number of esters is 2. The summed E-state index contributed by atoms with van der Waals surface area (Å²) in [6.07, 6.45) is 3.08. The zero-order valence-corrected chi connectivity index (χ0v) is 30.5. The van der Waals surface area contributed by atoms with Crippen molar-refractivity contribution in [2.45, 2.75) is 76.5 Å². The Bertz CT molecular complexity index is 982. The van der Waals surface area contributed by atoms with Crippen molar-refractivity contribution in [2.75, 3.05) is 51.0 Å². The van der Waals surface area contributed by atoms with Gasteiger partial charge in [-0.1, -0.05) is 36.4 Å². The number of methoxy groups -OCH3 is 2. The summed E-state index contributed by atoms with van der Waals surface area (Å²) in [6, 6.07) is 20.8. The highest BCUT2D eigenvalue weighted by atomic mass is 35.5. The van der Waals surface area contributed by atoms with Crippen LogP contribution in [0.25, 0.3) is 0 Å². The van der Waals surface area contributed by atoms with Crippen LogP contribution in [0.3, 0.4) is 0 Å². The molecule has 0 atom stereocenters. The number of carbonyl (C=O) groups excluding carboxylic acids is 2. The minimum absolute atomic E-state index is 0. The highest BCUT2D eigenvalue weighted by Gasteiger charge is 2.44. The fourth-order valence-corrected chi connectivity index (χ4v) is 5.59. The number of halogens is 4. The number of para-hydroxylation sites is 2. The first-order valence-electron chi connectivity index (χ1n) is 14.5. The third-order valence-electron chi connectivity index (χ3n) is 8.23. The summed E-state index contributed by atoms with van der Waals surface area (Å²) in [5.41, 5.74) is 0.745. The zero-order chi connectivity index (χ0) is 29.2.